The molecule has 2 N–H and O–H groups in total. The van der Waals surface area contributed by atoms with Crippen molar-refractivity contribution >= 4 is 27.7 Å². The van der Waals surface area contributed by atoms with Crippen LogP contribution in [0.3, 0.4) is 0 Å². The summed E-state index contributed by atoms with van der Waals surface area (Å²) in [7, 11) is 0. The molecule has 0 atom stereocenters. The normalized spacial score (nSPS) is 12.1. The number of hydrogen-bond acceptors (Lipinski definition) is 1. The van der Waals surface area contributed by atoms with Crippen LogP contribution >= 0.6 is 0 Å². The van der Waals surface area contributed by atoms with Crippen LogP contribution in [0.4, 0.5) is 26.3 Å². The van der Waals surface area contributed by atoms with Gasteiger partial charge in [0.05, 0.1) is 16.6 Å². The minimum atomic E-state index is -4.63. The van der Waals surface area contributed by atoms with Crippen LogP contribution in [0.15, 0.2) is 48.5 Å². The van der Waals surface area contributed by atoms with E-state index in [1.807, 2.05) is 0 Å². The zero-order valence-electron chi connectivity index (χ0n) is 15.0. The summed E-state index contributed by atoms with van der Waals surface area (Å²) in [6.07, 6.45) is -4.63. The van der Waals surface area contributed by atoms with Crippen LogP contribution in [-0.2, 0) is 12.7 Å². The molecule has 0 bridgehead atoms. The Balaban J connectivity index is 2.05. The third-order valence-corrected chi connectivity index (χ3v) is 4.87. The molecule has 3 nitrogen and oxygen atoms in total. The fraction of sp³-hybridized carbons (Fsp3) is 0.0952. The van der Waals surface area contributed by atoms with Gasteiger partial charge in [0.1, 0.15) is 0 Å². The second kappa shape index (κ2) is 6.79. The molecule has 1 heterocycles. The fourth-order valence-electron chi connectivity index (χ4n) is 3.58. The summed E-state index contributed by atoms with van der Waals surface area (Å²) in [6, 6.07) is 8.99. The molecule has 4 rings (SSSR count). The third-order valence-electron chi connectivity index (χ3n) is 4.87. The molecule has 1 amide bonds. The number of primary amides is 1. The molecular formula is C21H12F6N2O. The molecule has 0 unspecified atom stereocenters. The number of aromatic nitrogens is 1. The minimum absolute atomic E-state index is 0.00732. The second-order valence-electron chi connectivity index (χ2n) is 6.75. The summed E-state index contributed by atoms with van der Waals surface area (Å²) in [5.74, 6) is -5.26. The number of fused-ring (bicyclic) bond motifs is 3. The van der Waals surface area contributed by atoms with E-state index in [-0.39, 0.29) is 23.2 Å². The van der Waals surface area contributed by atoms with Gasteiger partial charge in [-0.3, -0.25) is 4.79 Å². The Kier molecular flexibility index (Phi) is 4.48. The molecule has 9 heteroatoms. The smallest absolute Gasteiger partial charge is 0.366 e. The molecule has 0 radical (unpaired) electrons. The molecule has 1 aromatic heterocycles. The number of carbonyl (C=O) groups excluding carboxylic acids is 1. The number of nitrogens with zero attached hydrogens (tertiary/aromatic N) is 1. The second-order valence-corrected chi connectivity index (χ2v) is 6.75. The van der Waals surface area contributed by atoms with E-state index in [2.05, 4.69) is 0 Å². The predicted octanol–water partition coefficient (Wildman–Crippen LogP) is 5.38. The first-order valence-electron chi connectivity index (χ1n) is 8.63. The van der Waals surface area contributed by atoms with E-state index in [0.717, 1.165) is 24.3 Å². The Bertz CT molecular complexity index is 1300. The zero-order chi connectivity index (χ0) is 21.8. The maximum Gasteiger partial charge on any atom is 0.416 e. The predicted molar refractivity (Wildman–Crippen MR) is 98.4 cm³/mol. The van der Waals surface area contributed by atoms with Crippen molar-refractivity contribution in [3.8, 4) is 0 Å². The number of carbonyl (C=O) groups is 1. The Hall–Kier alpha value is -3.49. The number of benzene rings is 3. The van der Waals surface area contributed by atoms with E-state index >= 15 is 0 Å². The number of rotatable bonds is 3. The van der Waals surface area contributed by atoms with E-state index in [0.29, 0.717) is 16.3 Å². The van der Waals surface area contributed by atoms with Gasteiger partial charge in [-0.05, 0) is 42.0 Å². The lowest BCUT2D eigenvalue weighted by molar-refractivity contribution is -0.137. The highest BCUT2D eigenvalue weighted by Gasteiger charge is 2.31. The molecule has 0 aliphatic heterocycles. The molecule has 0 saturated heterocycles. The number of alkyl halides is 3. The van der Waals surface area contributed by atoms with Crippen molar-refractivity contribution in [1.29, 1.82) is 0 Å². The topological polar surface area (TPSA) is 48.0 Å². The largest absolute Gasteiger partial charge is 0.416 e. The van der Waals surface area contributed by atoms with Crippen molar-refractivity contribution in [2.45, 2.75) is 12.7 Å². The van der Waals surface area contributed by atoms with Crippen LogP contribution in [0.2, 0.25) is 0 Å². The van der Waals surface area contributed by atoms with Gasteiger partial charge in [-0.25, -0.2) is 13.2 Å². The van der Waals surface area contributed by atoms with Gasteiger partial charge >= 0.3 is 6.18 Å². The number of hydrogen-bond donors (Lipinski definition) is 1. The molecule has 0 fully saturated rings. The SMILES string of the molecule is NC(=O)c1cccc2c1c1ccc(C(F)(F)F)cc1n2Cc1cc(F)c(F)c(F)c1. The first kappa shape index (κ1) is 19.8. The van der Waals surface area contributed by atoms with E-state index in [4.69, 9.17) is 5.73 Å². The third kappa shape index (κ3) is 3.16. The molecule has 30 heavy (non-hydrogen) atoms. The molecule has 0 aliphatic carbocycles. The van der Waals surface area contributed by atoms with Gasteiger partial charge in [0.15, 0.2) is 17.5 Å². The van der Waals surface area contributed by atoms with Crippen molar-refractivity contribution < 1.29 is 31.1 Å². The molecular weight excluding hydrogens is 410 g/mol. The monoisotopic (exact) mass is 422 g/mol. The van der Waals surface area contributed by atoms with Gasteiger partial charge in [-0.1, -0.05) is 12.1 Å². The molecule has 0 aliphatic rings. The van der Waals surface area contributed by atoms with Crippen LogP contribution in [-0.4, -0.2) is 10.5 Å². The lowest BCUT2D eigenvalue weighted by Gasteiger charge is -2.11. The van der Waals surface area contributed by atoms with E-state index < -0.39 is 35.1 Å². The molecule has 0 saturated carbocycles. The number of halogens is 6. The summed E-state index contributed by atoms with van der Waals surface area (Å²) in [4.78, 5) is 11.9. The van der Waals surface area contributed by atoms with Crippen LogP contribution < -0.4 is 5.73 Å². The maximum absolute atomic E-state index is 13.7. The van der Waals surface area contributed by atoms with Crippen molar-refractivity contribution in [2.75, 3.05) is 0 Å². The summed E-state index contributed by atoms with van der Waals surface area (Å²) in [5.41, 5.74) is 4.99. The van der Waals surface area contributed by atoms with Gasteiger partial charge in [-0.2, -0.15) is 13.2 Å². The first-order valence-corrected chi connectivity index (χ1v) is 8.63. The standard InChI is InChI=1S/C21H12F6N2O/c22-14-6-10(7-15(23)19(14)24)9-29-16-3-1-2-13(20(28)30)18(16)12-5-4-11(8-17(12)29)21(25,26)27/h1-8H,9H2,(H2,28,30). The Labute approximate surface area is 165 Å². The average molecular weight is 422 g/mol. The van der Waals surface area contributed by atoms with Gasteiger partial charge < -0.3 is 10.3 Å². The minimum Gasteiger partial charge on any atom is -0.366 e. The average Bonchev–Trinajstić information content (AvgIpc) is 2.98. The van der Waals surface area contributed by atoms with Crippen molar-refractivity contribution in [3.63, 3.8) is 0 Å². The highest BCUT2D eigenvalue weighted by Crippen LogP contribution is 2.37. The van der Waals surface area contributed by atoms with Crippen LogP contribution in [0.25, 0.3) is 21.8 Å². The molecule has 0 spiro atoms. The van der Waals surface area contributed by atoms with E-state index in [9.17, 15) is 31.1 Å². The number of amides is 1. The van der Waals surface area contributed by atoms with Crippen LogP contribution in [0.5, 0.6) is 0 Å². The summed E-state index contributed by atoms with van der Waals surface area (Å²) in [6.45, 7) is -0.266. The Morgan fingerprint density at radius 3 is 2.20 bits per heavy atom. The van der Waals surface area contributed by atoms with Crippen molar-refractivity contribution in [3.05, 3.63) is 82.7 Å². The fourth-order valence-corrected chi connectivity index (χ4v) is 3.58. The zero-order valence-corrected chi connectivity index (χ0v) is 15.0. The Morgan fingerprint density at radius 1 is 0.933 bits per heavy atom. The highest BCUT2D eigenvalue weighted by atomic mass is 19.4. The van der Waals surface area contributed by atoms with Gasteiger partial charge in [0.25, 0.3) is 0 Å². The quantitative estimate of drug-likeness (QED) is 0.350. The lowest BCUT2D eigenvalue weighted by atomic mass is 10.0. The molecule has 4 aromatic rings. The van der Waals surface area contributed by atoms with Gasteiger partial charge in [-0.15, -0.1) is 0 Å². The van der Waals surface area contributed by atoms with Crippen LogP contribution in [0, 0.1) is 17.5 Å². The summed E-state index contributed by atoms with van der Waals surface area (Å²) < 4.78 is 81.8. The Morgan fingerprint density at radius 2 is 1.60 bits per heavy atom. The molecule has 3 aromatic carbocycles. The van der Waals surface area contributed by atoms with Crippen molar-refractivity contribution in [1.82, 2.24) is 4.57 Å². The van der Waals surface area contributed by atoms with Gasteiger partial charge in [0.2, 0.25) is 5.91 Å². The van der Waals surface area contributed by atoms with Crippen LogP contribution in [0.1, 0.15) is 21.5 Å². The lowest BCUT2D eigenvalue weighted by Crippen LogP contribution is -2.11. The number of nitrogens with two attached hydrogens (primary N) is 1. The first-order chi connectivity index (χ1) is 14.1. The highest BCUT2D eigenvalue weighted by molar-refractivity contribution is 6.18. The van der Waals surface area contributed by atoms with E-state index in [1.54, 1.807) is 6.07 Å². The van der Waals surface area contributed by atoms with Crippen molar-refractivity contribution in [2.24, 2.45) is 5.73 Å². The van der Waals surface area contributed by atoms with Gasteiger partial charge in [0, 0.05) is 22.9 Å². The summed E-state index contributed by atoms with van der Waals surface area (Å²) >= 11 is 0. The molecule has 154 valence electrons. The maximum atomic E-state index is 13.7. The summed E-state index contributed by atoms with van der Waals surface area (Å²) in [5, 5.41) is 0.632. The van der Waals surface area contributed by atoms with E-state index in [1.165, 1.54) is 22.8 Å².